The van der Waals surface area contributed by atoms with Crippen LogP contribution in [0, 0.1) is 11.5 Å². The highest BCUT2D eigenvalue weighted by Crippen LogP contribution is 2.64. The number of rotatable bonds is 12. The quantitative estimate of drug-likeness (QED) is 0.121. The first kappa shape index (κ1) is 43.4. The van der Waals surface area contributed by atoms with Gasteiger partial charge >= 0.3 is 47.6 Å². The van der Waals surface area contributed by atoms with Crippen molar-refractivity contribution in [1.29, 1.82) is 0 Å². The molecule has 2 rings (SSSR count). The van der Waals surface area contributed by atoms with Crippen LogP contribution in [-0.4, -0.2) is 82.3 Å². The minimum atomic E-state index is -8.81. The van der Waals surface area contributed by atoms with Crippen LogP contribution in [0.15, 0.2) is 18.2 Å². The number of halogens is 17. The standard InChI is InChI=1S/C27H26F17NO3SSi/c1-6-11-45-17-8-7-15(9-13-50(3,4)5)14-16(17)19(2,18(45)46)49(47,48)12-10-20(28,29)21(30,31)22(32,33)23(34,35)24(36,37)25(38,39)26(40,41)27(42,43)44/h7-8,14H,6,10-12H2,1-5H3. The molecule has 1 heterocycles. The van der Waals surface area contributed by atoms with Crippen molar-refractivity contribution in [3.63, 3.8) is 0 Å². The van der Waals surface area contributed by atoms with Crippen LogP contribution >= 0.6 is 0 Å². The lowest BCUT2D eigenvalue weighted by molar-refractivity contribution is -0.461. The van der Waals surface area contributed by atoms with Gasteiger partial charge in [0, 0.05) is 29.8 Å². The second kappa shape index (κ2) is 12.4. The molecule has 0 bridgehead atoms. The molecular weight excluding hydrogens is 769 g/mol. The van der Waals surface area contributed by atoms with E-state index in [0.717, 1.165) is 11.0 Å². The van der Waals surface area contributed by atoms with Crippen molar-refractivity contribution in [1.82, 2.24) is 0 Å². The summed E-state index contributed by atoms with van der Waals surface area (Å²) in [5.74, 6) is -59.3. The van der Waals surface area contributed by atoms with Gasteiger partial charge in [0.25, 0.3) is 5.91 Å². The van der Waals surface area contributed by atoms with Gasteiger partial charge in [-0.3, -0.25) is 4.79 Å². The van der Waals surface area contributed by atoms with E-state index in [4.69, 9.17) is 0 Å². The molecule has 50 heavy (non-hydrogen) atoms. The number of benzene rings is 1. The molecule has 0 fully saturated rings. The molecule has 1 atom stereocenters. The Hall–Kier alpha value is -2.77. The SMILES string of the molecule is CCCN1C(=O)C(C)(S(=O)(=O)CCC(F)(F)C(F)(F)C(F)(F)C(F)(F)C(F)(F)C(F)(F)C(F)(F)C(F)(F)F)c2cc(C#C[Si](C)(C)C)ccc21. The van der Waals surface area contributed by atoms with E-state index in [0.29, 0.717) is 6.92 Å². The minimum Gasteiger partial charge on any atom is -0.310 e. The maximum absolute atomic E-state index is 14.6. The molecule has 0 spiro atoms. The van der Waals surface area contributed by atoms with Gasteiger partial charge in [0.1, 0.15) is 8.07 Å². The predicted molar refractivity (Wildman–Crippen MR) is 146 cm³/mol. The number of nitrogens with zero attached hydrogens (tertiary/aromatic N) is 1. The van der Waals surface area contributed by atoms with Crippen LogP contribution in [-0.2, 0) is 19.4 Å². The van der Waals surface area contributed by atoms with Crippen molar-refractivity contribution >= 4 is 29.5 Å². The molecule has 0 N–H and O–H groups in total. The third-order valence-electron chi connectivity index (χ3n) is 7.58. The molecule has 1 unspecified atom stereocenters. The van der Waals surface area contributed by atoms with Crippen LogP contribution in [0.25, 0.3) is 0 Å². The summed E-state index contributed by atoms with van der Waals surface area (Å²) in [4.78, 5) is 14.2. The number of alkyl halides is 17. The predicted octanol–water partition coefficient (Wildman–Crippen LogP) is 8.70. The first-order chi connectivity index (χ1) is 21.9. The van der Waals surface area contributed by atoms with Gasteiger partial charge < -0.3 is 4.90 Å². The molecule has 0 saturated carbocycles. The zero-order valence-electron chi connectivity index (χ0n) is 26.1. The van der Waals surface area contributed by atoms with E-state index in [1.165, 1.54) is 19.1 Å². The molecule has 286 valence electrons. The Balaban J connectivity index is 2.63. The molecule has 1 amide bonds. The monoisotopic (exact) mass is 795 g/mol. The summed E-state index contributed by atoms with van der Waals surface area (Å²) in [5, 5.41) is 0. The number of fused-ring (bicyclic) bond motifs is 1. The average Bonchev–Trinajstić information content (AvgIpc) is 3.16. The molecule has 1 aromatic carbocycles. The van der Waals surface area contributed by atoms with Crippen molar-refractivity contribution in [3.05, 3.63) is 29.3 Å². The summed E-state index contributed by atoms with van der Waals surface area (Å²) in [6.45, 7) is 7.28. The topological polar surface area (TPSA) is 54.5 Å². The summed E-state index contributed by atoms with van der Waals surface area (Å²) in [6, 6.07) is 3.55. The van der Waals surface area contributed by atoms with E-state index in [2.05, 4.69) is 11.5 Å². The molecule has 0 saturated heterocycles. The molecular formula is C27H26F17NO3SSi. The second-order valence-electron chi connectivity index (χ2n) is 12.4. The fraction of sp³-hybridized carbons (Fsp3) is 0.667. The lowest BCUT2D eigenvalue weighted by Crippen LogP contribution is -2.74. The number of sulfone groups is 1. The highest BCUT2D eigenvalue weighted by atomic mass is 32.2. The van der Waals surface area contributed by atoms with E-state index in [9.17, 15) is 87.8 Å². The maximum Gasteiger partial charge on any atom is 0.460 e. The van der Waals surface area contributed by atoms with E-state index < -0.39 is 93.9 Å². The molecule has 0 radical (unpaired) electrons. The highest BCUT2D eigenvalue weighted by Gasteiger charge is 2.95. The molecule has 23 heteroatoms. The summed E-state index contributed by atoms with van der Waals surface area (Å²) in [5.41, 5.74) is 2.33. The molecule has 4 nitrogen and oxygen atoms in total. The van der Waals surface area contributed by atoms with Gasteiger partial charge in [-0.05, 0) is 31.5 Å². The third kappa shape index (κ3) is 6.33. The Labute approximate surface area is 274 Å². The Morgan fingerprint density at radius 2 is 1.18 bits per heavy atom. The van der Waals surface area contributed by atoms with E-state index in [1.807, 2.05) is 0 Å². The Morgan fingerprint density at radius 1 is 0.740 bits per heavy atom. The zero-order valence-corrected chi connectivity index (χ0v) is 27.9. The smallest absolute Gasteiger partial charge is 0.310 e. The van der Waals surface area contributed by atoms with Gasteiger partial charge in [-0.2, -0.15) is 74.6 Å². The van der Waals surface area contributed by atoms with E-state index in [-0.39, 0.29) is 24.2 Å². The van der Waals surface area contributed by atoms with Crippen LogP contribution in [0.3, 0.4) is 0 Å². The number of anilines is 1. The highest BCUT2D eigenvalue weighted by molar-refractivity contribution is 7.93. The van der Waals surface area contributed by atoms with Gasteiger partial charge in [0.15, 0.2) is 14.6 Å². The summed E-state index contributed by atoms with van der Waals surface area (Å²) in [6.07, 6.45) is -11.0. The van der Waals surface area contributed by atoms with Gasteiger partial charge in [-0.15, -0.1) is 5.54 Å². The molecule has 1 aliphatic heterocycles. The van der Waals surface area contributed by atoms with Gasteiger partial charge in [-0.25, -0.2) is 8.42 Å². The second-order valence-corrected chi connectivity index (χ2v) is 19.6. The number of amides is 1. The lowest BCUT2D eigenvalue weighted by atomic mass is 9.88. The van der Waals surface area contributed by atoms with Crippen LogP contribution in [0.2, 0.25) is 19.6 Å². The van der Waals surface area contributed by atoms with Gasteiger partial charge in [0.2, 0.25) is 0 Å². The summed E-state index contributed by atoms with van der Waals surface area (Å²) in [7, 11) is -7.76. The van der Waals surface area contributed by atoms with Crippen molar-refractivity contribution < 1.29 is 87.8 Å². The van der Waals surface area contributed by atoms with Crippen LogP contribution in [0.1, 0.15) is 37.8 Å². The van der Waals surface area contributed by atoms with Crippen molar-refractivity contribution in [2.75, 3.05) is 17.2 Å². The first-order valence-corrected chi connectivity index (χ1v) is 19.0. The molecule has 1 aliphatic rings. The van der Waals surface area contributed by atoms with Crippen LogP contribution < -0.4 is 4.90 Å². The van der Waals surface area contributed by atoms with E-state index >= 15 is 0 Å². The normalized spacial score (nSPS) is 19.0. The lowest BCUT2D eigenvalue weighted by Gasteiger charge is -2.42. The molecule has 1 aromatic rings. The Kier molecular flexibility index (Phi) is 10.8. The van der Waals surface area contributed by atoms with Crippen molar-refractivity contribution in [2.45, 2.75) is 98.7 Å². The van der Waals surface area contributed by atoms with E-state index in [1.54, 1.807) is 19.6 Å². The number of hydrogen-bond acceptors (Lipinski definition) is 3. The Bertz CT molecular complexity index is 1660. The Morgan fingerprint density at radius 3 is 1.60 bits per heavy atom. The fourth-order valence-corrected chi connectivity index (χ4v) is 6.87. The summed E-state index contributed by atoms with van der Waals surface area (Å²) < 4.78 is 256. The van der Waals surface area contributed by atoms with Gasteiger partial charge in [0.05, 0.1) is 5.75 Å². The first-order valence-electron chi connectivity index (χ1n) is 13.8. The average molecular weight is 796 g/mol. The fourth-order valence-electron chi connectivity index (χ4n) is 4.54. The minimum absolute atomic E-state index is 0.0614. The number of hydrogen-bond donors (Lipinski definition) is 0. The molecule has 0 aliphatic carbocycles. The van der Waals surface area contributed by atoms with Crippen LogP contribution in [0.5, 0.6) is 0 Å². The summed E-state index contributed by atoms with van der Waals surface area (Å²) >= 11 is 0. The number of carbonyl (C=O) groups excluding carboxylic acids is 1. The largest absolute Gasteiger partial charge is 0.460 e. The van der Waals surface area contributed by atoms with Crippen LogP contribution in [0.4, 0.5) is 80.3 Å². The molecule has 0 aromatic heterocycles. The van der Waals surface area contributed by atoms with Crippen molar-refractivity contribution in [2.24, 2.45) is 0 Å². The maximum atomic E-state index is 14.6. The third-order valence-corrected chi connectivity index (χ3v) is 10.8. The zero-order chi connectivity index (χ0) is 39.8. The van der Waals surface area contributed by atoms with Crippen molar-refractivity contribution in [3.8, 4) is 11.5 Å². The van der Waals surface area contributed by atoms with Gasteiger partial charge in [-0.1, -0.05) is 32.5 Å². The number of carbonyl (C=O) groups is 1.